The second-order valence-corrected chi connectivity index (χ2v) is 2.25. The van der Waals surface area contributed by atoms with Crippen molar-refractivity contribution in [1.82, 2.24) is 0 Å². The van der Waals surface area contributed by atoms with Gasteiger partial charge in [-0.15, -0.1) is 6.42 Å². The van der Waals surface area contributed by atoms with Crippen molar-refractivity contribution in [3.63, 3.8) is 0 Å². The molecule has 4 radical (unpaired) electrons. The maximum Gasteiger partial charge on any atom is 0.271 e. The summed E-state index contributed by atoms with van der Waals surface area (Å²) in [7, 11) is 1.25. The number of carbonyl (C=O) groups excluding carboxylic acids is 1. The first kappa shape index (κ1) is 50.0. The predicted molar refractivity (Wildman–Crippen MR) is 73.9 cm³/mol. The fourth-order valence-corrected chi connectivity index (χ4v) is 0.294. The van der Waals surface area contributed by atoms with E-state index in [2.05, 4.69) is 4.74 Å². The van der Waals surface area contributed by atoms with E-state index < -0.39 is 0 Å². The van der Waals surface area contributed by atoms with Gasteiger partial charge in [0, 0.05) is 87.4 Å². The molecule has 0 amide bonds. The van der Waals surface area contributed by atoms with Gasteiger partial charge in [0.1, 0.15) is 0 Å². The van der Waals surface area contributed by atoms with Gasteiger partial charge in [-0.05, 0) is 6.92 Å². The van der Waals surface area contributed by atoms with Gasteiger partial charge in [-0.1, -0.05) is 20.7 Å². The number of amidine groups is 1. The second kappa shape index (κ2) is 50.6. The van der Waals surface area contributed by atoms with Crippen molar-refractivity contribution in [3.05, 3.63) is 21.5 Å². The molecule has 0 atom stereocenters. The smallest absolute Gasteiger partial charge is 0.271 e. The van der Waals surface area contributed by atoms with Crippen LogP contribution in [0.3, 0.4) is 0 Å². The summed E-state index contributed by atoms with van der Waals surface area (Å²) in [5, 5.41) is 6.28. The van der Waals surface area contributed by atoms with Crippen LogP contribution in [0, 0.1) is 58.0 Å². The molecular weight excluding hydrogens is 676 g/mol. The Kier molecular flexibility index (Phi) is 133. The molecule has 0 aliphatic heterocycles. The summed E-state index contributed by atoms with van der Waals surface area (Å²) in [5.74, 6) is -0.0709. The van der Waals surface area contributed by atoms with Crippen LogP contribution in [0.2, 0.25) is 0 Å². The monoisotopic (exact) mass is 705 g/mol. The van der Waals surface area contributed by atoms with Gasteiger partial charge in [-0.3, -0.25) is 10.2 Å². The largest absolute Gasteiger partial charge is 0.637 e. The van der Waals surface area contributed by atoms with Crippen LogP contribution in [0.15, 0.2) is 0 Å². The Hall–Kier alpha value is 1.33. The molecule has 0 saturated carbocycles. The number of ether oxygens (including phenoxy) is 1. The number of nitrogens with one attached hydrogen (secondary N) is 1. The first-order valence-corrected chi connectivity index (χ1v) is 3.80. The van der Waals surface area contributed by atoms with Gasteiger partial charge in [-0.2, -0.15) is 6.61 Å². The SMILES string of the molecule is CC(=N)N.CCC[CH-]OC(C)=O.[3H]C.[B].[CH3-].[CH3-].[U].[V].[W]. The number of carbonyl (C=O) groups is 1. The molecule has 0 heterocycles. The fourth-order valence-electron chi connectivity index (χ4n) is 0.294. The number of unbranched alkanes of at least 4 members (excludes halogenated alkanes) is 1. The molecule has 0 saturated heterocycles. The summed E-state index contributed by atoms with van der Waals surface area (Å²) in [4.78, 5) is 10.1. The summed E-state index contributed by atoms with van der Waals surface area (Å²) in [6, 6.07) is 0. The second-order valence-electron chi connectivity index (χ2n) is 2.25. The van der Waals surface area contributed by atoms with Crippen molar-refractivity contribution >= 4 is 20.2 Å². The van der Waals surface area contributed by atoms with Gasteiger partial charge in [-0.25, -0.2) is 0 Å². The van der Waals surface area contributed by atoms with Gasteiger partial charge in [0.25, 0.3) is 5.97 Å². The Morgan fingerprint density at radius 2 is 1.68 bits per heavy atom. The Morgan fingerprint density at radius 1 is 1.42 bits per heavy atom. The Morgan fingerprint density at radius 3 is 1.84 bits per heavy atom. The molecule has 0 spiro atoms. The Bertz CT molecular complexity index is 160. The molecule has 19 heavy (non-hydrogen) atoms. The minimum absolute atomic E-state index is 0. The van der Waals surface area contributed by atoms with Crippen LogP contribution < -0.4 is 5.73 Å². The van der Waals surface area contributed by atoms with E-state index in [4.69, 9.17) is 12.5 Å². The summed E-state index contributed by atoms with van der Waals surface area (Å²) in [5.41, 5.74) is 4.69. The van der Waals surface area contributed by atoms with Crippen LogP contribution in [0.5, 0.6) is 0 Å². The predicted octanol–water partition coefficient (Wildman–Crippen LogP) is 2.60. The average Bonchev–Trinajstić information content (AvgIpc) is 2.07. The molecule has 0 bridgehead atoms. The molecule has 8 heteroatoms. The van der Waals surface area contributed by atoms with E-state index in [1.807, 2.05) is 6.92 Å². The van der Waals surface area contributed by atoms with Crippen LogP contribution in [-0.2, 0) is 49.2 Å². The average molecular weight is 705 g/mol. The van der Waals surface area contributed by atoms with Gasteiger partial charge in [0.2, 0.25) is 0 Å². The van der Waals surface area contributed by atoms with E-state index in [1.165, 1.54) is 27.9 Å². The topological polar surface area (TPSA) is 76.2 Å². The van der Waals surface area contributed by atoms with E-state index in [9.17, 15) is 4.79 Å². The third kappa shape index (κ3) is 145. The van der Waals surface area contributed by atoms with E-state index in [1.54, 1.807) is 0 Å². The van der Waals surface area contributed by atoms with Crippen LogP contribution in [0.1, 0.15) is 42.4 Å². The zero-order chi connectivity index (χ0) is 12.0. The maximum absolute atomic E-state index is 10.1. The fraction of sp³-hybridized carbons (Fsp3) is 0.545. The Labute approximate surface area is 174 Å². The van der Waals surface area contributed by atoms with Gasteiger partial charge in [0.15, 0.2) is 0 Å². The molecule has 0 aliphatic carbocycles. The zero-order valence-electron chi connectivity index (χ0n) is 13.8. The summed E-state index contributed by atoms with van der Waals surface area (Å²) >= 11 is 0. The molecule has 0 aromatic carbocycles. The molecule has 0 fully saturated rings. The number of hydrogen-bond acceptors (Lipinski definition) is 3. The molecule has 0 aromatic rings. The Balaban J connectivity index is -0.0000000130. The van der Waals surface area contributed by atoms with E-state index >= 15 is 0 Å². The standard InChI is InChI=1S/C6H11O2.C2H6N2.CH4.2CH3.B.U.V.W/c1-3-4-5-8-6(2)7;1-2(3)4;;;;;;;/h5H,3-4H2,1-2H3;1H3,(H3,3,4);1H4;2*1H3;;;;/q-1;;;2*-1;;;;/i;;1T;;;;;;. The molecule has 0 unspecified atom stereocenters. The van der Waals surface area contributed by atoms with Crippen molar-refractivity contribution in [2.24, 2.45) is 5.73 Å². The van der Waals surface area contributed by atoms with Gasteiger partial charge >= 0.3 is 0 Å². The molecular formula is C11H27BN2O2UVW-3. The first-order chi connectivity index (χ1) is 6.50. The molecule has 0 aromatic heterocycles. The van der Waals surface area contributed by atoms with Crippen LogP contribution in [0.25, 0.3) is 0 Å². The molecule has 0 aliphatic rings. The van der Waals surface area contributed by atoms with Crippen molar-refractivity contribution in [2.45, 2.75) is 41.0 Å². The van der Waals surface area contributed by atoms with E-state index in [-0.39, 0.29) is 106 Å². The minimum atomic E-state index is -0.238. The summed E-state index contributed by atoms with van der Waals surface area (Å²) in [6.45, 7) is 6.48. The first-order valence-electron chi connectivity index (χ1n) is 4.80. The summed E-state index contributed by atoms with van der Waals surface area (Å²) in [6.07, 6.45) is 1.87. The van der Waals surface area contributed by atoms with Crippen LogP contribution in [-0.4, -0.2) is 20.2 Å². The number of nitrogens with two attached hydrogens (primary N) is 1. The van der Waals surface area contributed by atoms with Crippen molar-refractivity contribution in [1.29, 1.82) is 5.41 Å². The summed E-state index contributed by atoms with van der Waals surface area (Å²) < 4.78 is 10.3. The number of rotatable bonds is 3. The molecule has 4 nitrogen and oxygen atoms in total. The van der Waals surface area contributed by atoms with Gasteiger partial charge < -0.3 is 25.3 Å². The number of hydrogen-bond donors (Lipinski definition) is 2. The minimum Gasteiger partial charge on any atom is -0.637 e. The van der Waals surface area contributed by atoms with Crippen molar-refractivity contribution < 1.29 is 81.6 Å². The van der Waals surface area contributed by atoms with Crippen molar-refractivity contribution in [2.75, 3.05) is 0 Å². The maximum atomic E-state index is 10.1. The third-order valence-corrected chi connectivity index (χ3v) is 0.656. The normalized spacial score (nSPS) is 5.37. The molecule has 3 N–H and O–H groups in total. The third-order valence-electron chi connectivity index (χ3n) is 0.656. The van der Waals surface area contributed by atoms with Crippen molar-refractivity contribution in [3.8, 4) is 0 Å². The van der Waals surface area contributed by atoms with Crippen LogP contribution in [0.4, 0.5) is 0 Å². The quantitative estimate of drug-likeness (QED) is 0.119. The van der Waals surface area contributed by atoms with Gasteiger partial charge in [0.05, 0.1) is 5.84 Å². The van der Waals surface area contributed by atoms with E-state index in [0.29, 0.717) is 0 Å². The molecule has 114 valence electrons. The van der Waals surface area contributed by atoms with E-state index in [0.717, 1.165) is 12.8 Å². The number of esters is 1. The molecule has 0 rings (SSSR count). The van der Waals surface area contributed by atoms with Crippen LogP contribution >= 0.6 is 0 Å². The zero-order valence-corrected chi connectivity index (χ0v) is 21.3.